The molecule has 0 bridgehead atoms. The van der Waals surface area contributed by atoms with Gasteiger partial charge in [-0.15, -0.1) is 0 Å². The van der Waals surface area contributed by atoms with Crippen LogP contribution in [0.5, 0.6) is 11.5 Å². The summed E-state index contributed by atoms with van der Waals surface area (Å²) in [5.74, 6) is 0.156. The van der Waals surface area contributed by atoms with Gasteiger partial charge in [-0.2, -0.15) is 5.10 Å². The topological polar surface area (TPSA) is 94.5 Å². The van der Waals surface area contributed by atoms with Gasteiger partial charge in [0.25, 0.3) is 11.8 Å². The van der Waals surface area contributed by atoms with Crippen LogP contribution < -0.4 is 20.3 Å². The molecule has 0 aliphatic carbocycles. The molecule has 0 spiro atoms. The maximum atomic E-state index is 12.8. The number of benzene rings is 2. The van der Waals surface area contributed by atoms with Crippen LogP contribution in [-0.2, 0) is 0 Å². The molecule has 1 aliphatic heterocycles. The number of carbonyl (C=O) groups excluding carboxylic acids is 2. The summed E-state index contributed by atoms with van der Waals surface area (Å²) in [7, 11) is 0. The first-order valence-corrected chi connectivity index (χ1v) is 10.2. The summed E-state index contributed by atoms with van der Waals surface area (Å²) in [6.07, 6.45) is 1.48. The second-order valence-electron chi connectivity index (χ2n) is 7.25. The summed E-state index contributed by atoms with van der Waals surface area (Å²) in [6, 6.07) is 12.0. The summed E-state index contributed by atoms with van der Waals surface area (Å²) in [4.78, 5) is 25.3. The van der Waals surface area contributed by atoms with Crippen LogP contribution in [-0.4, -0.2) is 34.8 Å². The van der Waals surface area contributed by atoms with E-state index in [0.717, 1.165) is 5.69 Å². The molecule has 1 aliphatic rings. The number of hydrazine groups is 1. The summed E-state index contributed by atoms with van der Waals surface area (Å²) >= 11 is 5.97. The van der Waals surface area contributed by atoms with Gasteiger partial charge in [0.15, 0.2) is 11.5 Å². The maximum Gasteiger partial charge on any atom is 0.273 e. The van der Waals surface area contributed by atoms with Gasteiger partial charge in [-0.1, -0.05) is 25.4 Å². The monoisotopic (exact) mass is 440 g/mol. The molecule has 2 N–H and O–H groups in total. The Hall–Kier alpha value is -3.52. The van der Waals surface area contributed by atoms with E-state index >= 15 is 0 Å². The zero-order valence-electron chi connectivity index (χ0n) is 17.0. The van der Waals surface area contributed by atoms with Gasteiger partial charge in [-0.05, 0) is 48.4 Å². The van der Waals surface area contributed by atoms with E-state index in [1.54, 1.807) is 35.0 Å². The van der Waals surface area contributed by atoms with Crippen molar-refractivity contribution in [1.29, 1.82) is 0 Å². The number of hydrogen-bond donors (Lipinski definition) is 2. The molecule has 0 saturated carbocycles. The number of aromatic nitrogens is 2. The fourth-order valence-electron chi connectivity index (χ4n) is 3.31. The van der Waals surface area contributed by atoms with Crippen LogP contribution in [0.25, 0.3) is 5.69 Å². The molecule has 8 nitrogen and oxygen atoms in total. The fraction of sp³-hybridized carbons (Fsp3) is 0.227. The molecule has 2 amide bonds. The molecule has 0 radical (unpaired) electrons. The van der Waals surface area contributed by atoms with E-state index in [4.69, 9.17) is 21.1 Å². The highest BCUT2D eigenvalue weighted by Crippen LogP contribution is 2.30. The highest BCUT2D eigenvalue weighted by Gasteiger charge is 2.22. The van der Waals surface area contributed by atoms with E-state index in [0.29, 0.717) is 46.6 Å². The largest absolute Gasteiger partial charge is 0.486 e. The first-order valence-electron chi connectivity index (χ1n) is 9.78. The highest BCUT2D eigenvalue weighted by molar-refractivity contribution is 6.30. The minimum atomic E-state index is -0.471. The van der Waals surface area contributed by atoms with E-state index in [9.17, 15) is 9.59 Å². The number of ether oxygens (including phenoxy) is 2. The molecule has 31 heavy (non-hydrogen) atoms. The van der Waals surface area contributed by atoms with E-state index in [1.807, 2.05) is 26.0 Å². The van der Waals surface area contributed by atoms with Crippen LogP contribution >= 0.6 is 11.6 Å². The molecule has 0 atom stereocenters. The molecule has 0 fully saturated rings. The quantitative estimate of drug-likeness (QED) is 0.605. The van der Waals surface area contributed by atoms with E-state index < -0.39 is 11.8 Å². The minimum Gasteiger partial charge on any atom is -0.486 e. The van der Waals surface area contributed by atoms with Gasteiger partial charge >= 0.3 is 0 Å². The normalized spacial score (nSPS) is 12.5. The molecule has 0 unspecified atom stereocenters. The van der Waals surface area contributed by atoms with Crippen LogP contribution in [0, 0.1) is 0 Å². The Morgan fingerprint density at radius 3 is 2.39 bits per heavy atom. The Bertz CT molecular complexity index is 1130. The van der Waals surface area contributed by atoms with Crippen LogP contribution in [0.4, 0.5) is 0 Å². The Balaban J connectivity index is 1.50. The molecule has 2 aromatic carbocycles. The van der Waals surface area contributed by atoms with Gasteiger partial charge < -0.3 is 9.47 Å². The molecular formula is C22H21ClN4O4. The molecule has 0 saturated heterocycles. The second kappa shape index (κ2) is 8.69. The highest BCUT2D eigenvalue weighted by atomic mass is 35.5. The molecule has 1 aromatic heterocycles. The number of carbonyl (C=O) groups is 2. The predicted octanol–water partition coefficient (Wildman–Crippen LogP) is 3.50. The number of amides is 2. The van der Waals surface area contributed by atoms with Crippen molar-refractivity contribution in [2.24, 2.45) is 0 Å². The van der Waals surface area contributed by atoms with Gasteiger partial charge in [-0.3, -0.25) is 20.4 Å². The molecule has 160 valence electrons. The molecule has 3 aromatic rings. The minimum absolute atomic E-state index is 0.00687. The number of nitrogens with zero attached hydrogens (tertiary/aromatic N) is 2. The van der Waals surface area contributed by atoms with Crippen LogP contribution in [0.2, 0.25) is 5.02 Å². The standard InChI is InChI=1S/C22H21ClN4O4/c1-13(2)20-17(12-24-27(20)16-6-4-15(23)5-7-16)22(29)26-25-21(28)14-3-8-18-19(11-14)31-10-9-30-18/h3-8,11-13H,9-10H2,1-2H3,(H,25,28)(H,26,29). The van der Waals surface area contributed by atoms with Crippen molar-refractivity contribution in [3.05, 3.63) is 70.5 Å². The molecule has 2 heterocycles. The first-order chi connectivity index (χ1) is 14.9. The average Bonchev–Trinajstić information content (AvgIpc) is 3.23. The number of hydrogen-bond acceptors (Lipinski definition) is 5. The van der Waals surface area contributed by atoms with Crippen molar-refractivity contribution in [2.75, 3.05) is 13.2 Å². The van der Waals surface area contributed by atoms with Gasteiger partial charge in [0.2, 0.25) is 0 Å². The second-order valence-corrected chi connectivity index (χ2v) is 7.69. The third-order valence-corrected chi connectivity index (χ3v) is 5.02. The molecular weight excluding hydrogens is 420 g/mol. The smallest absolute Gasteiger partial charge is 0.273 e. The summed E-state index contributed by atoms with van der Waals surface area (Å²) in [5.41, 5.74) is 7.11. The van der Waals surface area contributed by atoms with Crippen molar-refractivity contribution in [3.8, 4) is 17.2 Å². The van der Waals surface area contributed by atoms with Gasteiger partial charge in [0.1, 0.15) is 13.2 Å². The van der Waals surface area contributed by atoms with Crippen molar-refractivity contribution < 1.29 is 19.1 Å². The average molecular weight is 441 g/mol. The molecule has 9 heteroatoms. The van der Waals surface area contributed by atoms with Crippen molar-refractivity contribution >= 4 is 23.4 Å². The Kier molecular flexibility index (Phi) is 5.81. The lowest BCUT2D eigenvalue weighted by Crippen LogP contribution is -2.42. The van der Waals surface area contributed by atoms with Crippen molar-refractivity contribution in [1.82, 2.24) is 20.6 Å². The number of fused-ring (bicyclic) bond motifs is 1. The summed E-state index contributed by atoms with van der Waals surface area (Å²) < 4.78 is 12.6. The SMILES string of the molecule is CC(C)c1c(C(=O)NNC(=O)c2ccc3c(c2)OCCO3)cnn1-c1ccc(Cl)cc1. The first kappa shape index (κ1) is 20.7. The van der Waals surface area contributed by atoms with Crippen LogP contribution in [0.1, 0.15) is 46.2 Å². The van der Waals surface area contributed by atoms with E-state index in [2.05, 4.69) is 16.0 Å². The van der Waals surface area contributed by atoms with Gasteiger partial charge in [0.05, 0.1) is 23.1 Å². The zero-order chi connectivity index (χ0) is 22.0. The number of halogens is 1. The summed E-state index contributed by atoms with van der Waals surface area (Å²) in [5, 5.41) is 4.97. The van der Waals surface area contributed by atoms with Gasteiger partial charge in [-0.25, -0.2) is 4.68 Å². The van der Waals surface area contributed by atoms with Crippen LogP contribution in [0.15, 0.2) is 48.7 Å². The van der Waals surface area contributed by atoms with Crippen molar-refractivity contribution in [3.63, 3.8) is 0 Å². The zero-order valence-corrected chi connectivity index (χ0v) is 17.8. The Labute approximate surface area is 184 Å². The van der Waals surface area contributed by atoms with Crippen LogP contribution in [0.3, 0.4) is 0 Å². The Morgan fingerprint density at radius 2 is 1.68 bits per heavy atom. The van der Waals surface area contributed by atoms with E-state index in [-0.39, 0.29) is 5.92 Å². The fourth-order valence-corrected chi connectivity index (χ4v) is 3.44. The third kappa shape index (κ3) is 4.34. The predicted molar refractivity (Wildman–Crippen MR) is 115 cm³/mol. The van der Waals surface area contributed by atoms with Gasteiger partial charge in [0, 0.05) is 10.6 Å². The lowest BCUT2D eigenvalue weighted by Gasteiger charge is -2.18. The third-order valence-electron chi connectivity index (χ3n) is 4.76. The lowest BCUT2D eigenvalue weighted by atomic mass is 10.1. The van der Waals surface area contributed by atoms with E-state index in [1.165, 1.54) is 6.20 Å². The number of rotatable bonds is 4. The number of nitrogens with one attached hydrogen (secondary N) is 2. The lowest BCUT2D eigenvalue weighted by molar-refractivity contribution is 0.0845. The molecule has 4 rings (SSSR count). The maximum absolute atomic E-state index is 12.8. The summed E-state index contributed by atoms with van der Waals surface area (Å²) in [6.45, 7) is 4.82. The Morgan fingerprint density at radius 1 is 1.00 bits per heavy atom. The van der Waals surface area contributed by atoms with Crippen molar-refractivity contribution in [2.45, 2.75) is 19.8 Å².